The van der Waals surface area contributed by atoms with Gasteiger partial charge in [0, 0.05) is 12.1 Å². The highest BCUT2D eigenvalue weighted by atomic mass is 35.5. The normalized spacial score (nSPS) is 10.2. The van der Waals surface area contributed by atoms with E-state index in [0.717, 1.165) is 5.56 Å². The Morgan fingerprint density at radius 3 is 2.57 bits per heavy atom. The minimum atomic E-state index is -0.447. The molecule has 23 heavy (non-hydrogen) atoms. The number of carbonyl (C=O) groups is 2. The summed E-state index contributed by atoms with van der Waals surface area (Å²) >= 11 is 11.8. The highest BCUT2D eigenvalue weighted by Crippen LogP contribution is 2.23. The lowest BCUT2D eigenvalue weighted by atomic mass is 10.1. The van der Waals surface area contributed by atoms with Crippen molar-refractivity contribution in [2.24, 2.45) is 0 Å². The summed E-state index contributed by atoms with van der Waals surface area (Å²) in [4.78, 5) is 23.5. The molecule has 0 atom stereocenters. The van der Waals surface area contributed by atoms with Crippen LogP contribution < -0.4 is 5.32 Å². The van der Waals surface area contributed by atoms with Crippen molar-refractivity contribution in [1.29, 1.82) is 0 Å². The van der Waals surface area contributed by atoms with E-state index in [0.29, 0.717) is 34.1 Å². The van der Waals surface area contributed by atoms with Crippen LogP contribution in [0, 0.1) is 0 Å². The average Bonchev–Trinajstić information content (AvgIpc) is 2.55. The molecule has 120 valence electrons. The van der Waals surface area contributed by atoms with Gasteiger partial charge in [0.2, 0.25) is 5.91 Å². The first kappa shape index (κ1) is 17.3. The molecule has 1 amide bonds. The molecule has 0 aliphatic heterocycles. The zero-order valence-electron chi connectivity index (χ0n) is 12.4. The minimum Gasteiger partial charge on any atom is -0.465 e. The molecule has 2 aromatic carbocycles. The summed E-state index contributed by atoms with van der Waals surface area (Å²) in [5.41, 5.74) is 1.86. The minimum absolute atomic E-state index is 0.155. The maximum Gasteiger partial charge on any atom is 0.337 e. The van der Waals surface area contributed by atoms with Crippen molar-refractivity contribution >= 4 is 40.8 Å². The zero-order chi connectivity index (χ0) is 16.8. The number of amides is 1. The van der Waals surface area contributed by atoms with Crippen LogP contribution in [0.1, 0.15) is 22.3 Å². The largest absolute Gasteiger partial charge is 0.465 e. The summed E-state index contributed by atoms with van der Waals surface area (Å²) in [5, 5.41) is 3.71. The van der Waals surface area contributed by atoms with Gasteiger partial charge >= 0.3 is 5.97 Å². The van der Waals surface area contributed by atoms with Crippen LogP contribution in [0.3, 0.4) is 0 Å². The molecule has 0 aromatic heterocycles. The van der Waals surface area contributed by atoms with Crippen molar-refractivity contribution in [3.63, 3.8) is 0 Å². The number of aryl methyl sites for hydroxylation is 1. The van der Waals surface area contributed by atoms with Crippen molar-refractivity contribution in [2.45, 2.75) is 12.8 Å². The smallest absolute Gasteiger partial charge is 0.337 e. The second-order valence-electron chi connectivity index (χ2n) is 4.87. The van der Waals surface area contributed by atoms with Gasteiger partial charge in [-0.3, -0.25) is 4.79 Å². The Kier molecular flexibility index (Phi) is 6.02. The van der Waals surface area contributed by atoms with Gasteiger partial charge in [-0.25, -0.2) is 4.79 Å². The first-order valence-electron chi connectivity index (χ1n) is 6.92. The standard InChI is InChI=1S/C17H15Cl2NO3/c1-23-17(22)12-3-2-4-13(10-12)20-16(21)8-6-11-5-7-14(18)15(19)9-11/h2-5,7,9-10H,6,8H2,1H3,(H,20,21). The summed E-state index contributed by atoms with van der Waals surface area (Å²) in [5.74, 6) is -0.602. The molecule has 0 heterocycles. The van der Waals surface area contributed by atoms with Crippen molar-refractivity contribution in [3.05, 3.63) is 63.6 Å². The van der Waals surface area contributed by atoms with Gasteiger partial charge in [-0.1, -0.05) is 35.3 Å². The Bertz CT molecular complexity index is 732. The van der Waals surface area contributed by atoms with Crippen LogP contribution in [0.2, 0.25) is 10.0 Å². The van der Waals surface area contributed by atoms with E-state index in [4.69, 9.17) is 23.2 Å². The summed E-state index contributed by atoms with van der Waals surface area (Å²) in [6.07, 6.45) is 0.833. The molecule has 2 aromatic rings. The molecule has 0 saturated heterocycles. The molecule has 0 saturated carbocycles. The molecule has 4 nitrogen and oxygen atoms in total. The van der Waals surface area contributed by atoms with Gasteiger partial charge in [-0.05, 0) is 42.3 Å². The van der Waals surface area contributed by atoms with Crippen LogP contribution in [-0.4, -0.2) is 19.0 Å². The third-order valence-electron chi connectivity index (χ3n) is 3.19. The van der Waals surface area contributed by atoms with Gasteiger partial charge in [0.05, 0.1) is 22.7 Å². The van der Waals surface area contributed by atoms with Crippen LogP contribution in [0.15, 0.2) is 42.5 Å². The second kappa shape index (κ2) is 7.99. The van der Waals surface area contributed by atoms with Crippen molar-refractivity contribution in [3.8, 4) is 0 Å². The molecule has 2 rings (SSSR count). The molecule has 0 aliphatic carbocycles. The quantitative estimate of drug-likeness (QED) is 0.814. The van der Waals surface area contributed by atoms with Crippen LogP contribution in [0.5, 0.6) is 0 Å². The predicted molar refractivity (Wildman–Crippen MR) is 91.2 cm³/mol. The molecule has 0 spiro atoms. The number of hydrogen-bond donors (Lipinski definition) is 1. The number of halogens is 2. The van der Waals surface area contributed by atoms with E-state index in [1.54, 1.807) is 36.4 Å². The highest BCUT2D eigenvalue weighted by Gasteiger charge is 2.08. The van der Waals surface area contributed by atoms with Crippen LogP contribution >= 0.6 is 23.2 Å². The second-order valence-corrected chi connectivity index (χ2v) is 5.68. The molecular weight excluding hydrogens is 337 g/mol. The maximum absolute atomic E-state index is 12.0. The topological polar surface area (TPSA) is 55.4 Å². The van der Waals surface area contributed by atoms with E-state index in [-0.39, 0.29) is 5.91 Å². The third kappa shape index (κ3) is 4.98. The first-order chi connectivity index (χ1) is 11.0. The number of rotatable bonds is 5. The molecule has 6 heteroatoms. The lowest BCUT2D eigenvalue weighted by molar-refractivity contribution is -0.116. The van der Waals surface area contributed by atoms with Gasteiger partial charge in [0.15, 0.2) is 0 Å². The molecule has 1 N–H and O–H groups in total. The van der Waals surface area contributed by atoms with Crippen molar-refractivity contribution < 1.29 is 14.3 Å². The van der Waals surface area contributed by atoms with E-state index >= 15 is 0 Å². The Balaban J connectivity index is 1.94. The number of esters is 1. The van der Waals surface area contributed by atoms with Crippen LogP contribution in [-0.2, 0) is 16.0 Å². The number of anilines is 1. The monoisotopic (exact) mass is 351 g/mol. The Labute approximate surface area is 144 Å². The van der Waals surface area contributed by atoms with Gasteiger partial charge < -0.3 is 10.1 Å². The van der Waals surface area contributed by atoms with E-state index in [9.17, 15) is 9.59 Å². The number of nitrogens with one attached hydrogen (secondary N) is 1. The molecule has 0 aliphatic rings. The van der Waals surface area contributed by atoms with E-state index in [1.165, 1.54) is 7.11 Å². The molecule has 0 fully saturated rings. The van der Waals surface area contributed by atoms with Gasteiger partial charge in [-0.15, -0.1) is 0 Å². The third-order valence-corrected chi connectivity index (χ3v) is 3.93. The van der Waals surface area contributed by atoms with Gasteiger partial charge in [0.1, 0.15) is 0 Å². The summed E-state index contributed by atoms with van der Waals surface area (Å²) in [6.45, 7) is 0. The van der Waals surface area contributed by atoms with Gasteiger partial charge in [0.25, 0.3) is 0 Å². The Morgan fingerprint density at radius 1 is 1.09 bits per heavy atom. The fourth-order valence-corrected chi connectivity index (χ4v) is 2.34. The fourth-order valence-electron chi connectivity index (χ4n) is 2.02. The van der Waals surface area contributed by atoms with E-state index in [1.807, 2.05) is 6.07 Å². The number of methoxy groups -OCH3 is 1. The number of carbonyl (C=O) groups excluding carboxylic acids is 2. The first-order valence-corrected chi connectivity index (χ1v) is 7.67. The molecule has 0 unspecified atom stereocenters. The lowest BCUT2D eigenvalue weighted by Crippen LogP contribution is -2.13. The van der Waals surface area contributed by atoms with E-state index < -0.39 is 5.97 Å². The zero-order valence-corrected chi connectivity index (χ0v) is 13.9. The SMILES string of the molecule is COC(=O)c1cccc(NC(=O)CCc2ccc(Cl)c(Cl)c2)c1. The molecule has 0 bridgehead atoms. The number of hydrogen-bond acceptors (Lipinski definition) is 3. The lowest BCUT2D eigenvalue weighted by Gasteiger charge is -2.07. The number of benzene rings is 2. The Morgan fingerprint density at radius 2 is 1.87 bits per heavy atom. The summed E-state index contributed by atoms with van der Waals surface area (Å²) < 4.78 is 4.65. The molecule has 0 radical (unpaired) electrons. The van der Waals surface area contributed by atoms with Crippen LogP contribution in [0.4, 0.5) is 5.69 Å². The Hall–Kier alpha value is -2.04. The average molecular weight is 352 g/mol. The summed E-state index contributed by atoms with van der Waals surface area (Å²) in [6, 6.07) is 11.9. The summed E-state index contributed by atoms with van der Waals surface area (Å²) in [7, 11) is 1.31. The number of ether oxygens (including phenoxy) is 1. The maximum atomic E-state index is 12.0. The van der Waals surface area contributed by atoms with Crippen molar-refractivity contribution in [1.82, 2.24) is 0 Å². The van der Waals surface area contributed by atoms with Crippen molar-refractivity contribution in [2.75, 3.05) is 12.4 Å². The van der Waals surface area contributed by atoms with Gasteiger partial charge in [-0.2, -0.15) is 0 Å². The highest BCUT2D eigenvalue weighted by molar-refractivity contribution is 6.42. The fraction of sp³-hybridized carbons (Fsp3) is 0.176. The van der Waals surface area contributed by atoms with E-state index in [2.05, 4.69) is 10.1 Å². The molecular formula is C17H15Cl2NO3. The predicted octanol–water partition coefficient (Wildman–Crippen LogP) is 4.35. The van der Waals surface area contributed by atoms with Crippen LogP contribution in [0.25, 0.3) is 0 Å².